The zero-order chi connectivity index (χ0) is 17.6. The monoisotopic (exact) mass is 334 g/mol. The van der Waals surface area contributed by atoms with Crippen LogP contribution in [0.3, 0.4) is 0 Å². The average molecular weight is 334 g/mol. The Bertz CT molecular complexity index is 508. The van der Waals surface area contributed by atoms with Gasteiger partial charge in [0.25, 0.3) is 0 Å². The van der Waals surface area contributed by atoms with Gasteiger partial charge in [-0.05, 0) is 25.5 Å². The number of carbonyl (C=O) groups is 1. The summed E-state index contributed by atoms with van der Waals surface area (Å²) in [4.78, 5) is 11.8. The first-order valence-corrected chi connectivity index (χ1v) is 8.82. The van der Waals surface area contributed by atoms with Gasteiger partial charge in [0.15, 0.2) is 0 Å². The van der Waals surface area contributed by atoms with Crippen molar-refractivity contribution in [1.82, 2.24) is 0 Å². The molecule has 0 bridgehead atoms. The van der Waals surface area contributed by atoms with Crippen molar-refractivity contribution in [2.75, 3.05) is 20.3 Å². The number of esters is 1. The number of ether oxygens (including phenoxy) is 3. The van der Waals surface area contributed by atoms with E-state index in [0.29, 0.717) is 30.3 Å². The number of methoxy groups -OCH3 is 1. The molecule has 1 rings (SSSR count). The summed E-state index contributed by atoms with van der Waals surface area (Å²) in [6.45, 7) is 5.22. The molecule has 0 heterocycles. The number of benzene rings is 1. The average Bonchev–Trinajstić information content (AvgIpc) is 2.60. The normalized spacial score (nSPS) is 10.8. The van der Waals surface area contributed by atoms with E-state index in [1.807, 2.05) is 19.1 Å². The zero-order valence-electron chi connectivity index (χ0n) is 15.2. The molecule has 0 aliphatic carbocycles. The lowest BCUT2D eigenvalue weighted by Crippen LogP contribution is -2.07. The molecular formula is C20H30O4. The lowest BCUT2D eigenvalue weighted by Gasteiger charge is -2.12. The Hall–Kier alpha value is -1.97. The molecule has 0 fully saturated rings. The highest BCUT2D eigenvalue weighted by Gasteiger charge is 2.14. The van der Waals surface area contributed by atoms with Crippen LogP contribution in [-0.4, -0.2) is 26.3 Å². The standard InChI is InChI=1S/C20H30O4/c1-4-6-8-9-10-11-15-23-17-12-13-18(20(21)22-3)19(16-17)24-14-7-5-2/h5,7,12-13,16H,4,6,8-11,14-15H2,1-3H3. The van der Waals surface area contributed by atoms with Crippen molar-refractivity contribution in [2.45, 2.75) is 52.4 Å². The summed E-state index contributed by atoms with van der Waals surface area (Å²) in [7, 11) is 1.36. The number of unbranched alkanes of at least 4 members (excludes halogenated alkanes) is 5. The van der Waals surface area contributed by atoms with Crippen LogP contribution in [-0.2, 0) is 4.74 Å². The third-order valence-corrected chi connectivity index (χ3v) is 3.70. The third-order valence-electron chi connectivity index (χ3n) is 3.70. The van der Waals surface area contributed by atoms with Gasteiger partial charge < -0.3 is 14.2 Å². The maximum Gasteiger partial charge on any atom is 0.341 e. The van der Waals surface area contributed by atoms with Gasteiger partial charge in [-0.15, -0.1) is 0 Å². The smallest absolute Gasteiger partial charge is 0.341 e. The van der Waals surface area contributed by atoms with Crippen molar-refractivity contribution in [3.05, 3.63) is 35.9 Å². The molecule has 4 heteroatoms. The molecule has 0 amide bonds. The molecule has 0 aromatic heterocycles. The molecule has 0 atom stereocenters. The van der Waals surface area contributed by atoms with Crippen LogP contribution in [0.15, 0.2) is 30.4 Å². The van der Waals surface area contributed by atoms with E-state index < -0.39 is 5.97 Å². The van der Waals surface area contributed by atoms with Crippen molar-refractivity contribution in [1.29, 1.82) is 0 Å². The lowest BCUT2D eigenvalue weighted by molar-refractivity contribution is 0.0596. The second-order valence-electron chi connectivity index (χ2n) is 5.65. The van der Waals surface area contributed by atoms with Gasteiger partial charge in [-0.1, -0.05) is 51.2 Å². The summed E-state index contributed by atoms with van der Waals surface area (Å²) in [6, 6.07) is 5.23. The fraction of sp³-hybridized carbons (Fsp3) is 0.550. The van der Waals surface area contributed by atoms with Crippen LogP contribution in [0.4, 0.5) is 0 Å². The predicted molar refractivity (Wildman–Crippen MR) is 97.0 cm³/mol. The van der Waals surface area contributed by atoms with Crippen molar-refractivity contribution >= 4 is 5.97 Å². The van der Waals surface area contributed by atoms with Gasteiger partial charge >= 0.3 is 5.97 Å². The van der Waals surface area contributed by atoms with E-state index in [1.165, 1.54) is 39.2 Å². The van der Waals surface area contributed by atoms with Crippen LogP contribution >= 0.6 is 0 Å². The topological polar surface area (TPSA) is 44.8 Å². The van der Waals surface area contributed by atoms with E-state index in [1.54, 1.807) is 18.2 Å². The number of hydrogen-bond donors (Lipinski definition) is 0. The van der Waals surface area contributed by atoms with Crippen LogP contribution in [0.5, 0.6) is 11.5 Å². The SMILES string of the molecule is CC=CCOc1cc(OCCCCCCCC)ccc1C(=O)OC. The maximum atomic E-state index is 11.8. The number of carbonyl (C=O) groups excluding carboxylic acids is 1. The fourth-order valence-electron chi connectivity index (χ4n) is 2.30. The van der Waals surface area contributed by atoms with Crippen LogP contribution in [0.2, 0.25) is 0 Å². The summed E-state index contributed by atoms with van der Waals surface area (Å²) in [5.74, 6) is 0.792. The van der Waals surface area contributed by atoms with Gasteiger partial charge in [-0.25, -0.2) is 4.79 Å². The van der Waals surface area contributed by atoms with E-state index >= 15 is 0 Å². The van der Waals surface area contributed by atoms with Gasteiger partial charge in [0.05, 0.1) is 13.7 Å². The molecule has 134 valence electrons. The maximum absolute atomic E-state index is 11.8. The van der Waals surface area contributed by atoms with Crippen LogP contribution < -0.4 is 9.47 Å². The fourth-order valence-corrected chi connectivity index (χ4v) is 2.30. The first-order valence-electron chi connectivity index (χ1n) is 8.82. The Morgan fingerprint density at radius 2 is 1.83 bits per heavy atom. The van der Waals surface area contributed by atoms with E-state index in [-0.39, 0.29) is 0 Å². The Morgan fingerprint density at radius 3 is 2.54 bits per heavy atom. The summed E-state index contributed by atoms with van der Waals surface area (Å²) in [5, 5.41) is 0. The predicted octanol–water partition coefficient (Wildman–Crippen LogP) is 5.17. The Balaban J connectivity index is 2.55. The van der Waals surface area contributed by atoms with Crippen LogP contribution in [0.1, 0.15) is 62.7 Å². The third kappa shape index (κ3) is 7.53. The first-order chi connectivity index (χ1) is 11.7. The molecule has 0 spiro atoms. The zero-order valence-corrected chi connectivity index (χ0v) is 15.2. The van der Waals surface area contributed by atoms with E-state index in [0.717, 1.165) is 6.42 Å². The molecule has 0 aliphatic heterocycles. The largest absolute Gasteiger partial charge is 0.493 e. The summed E-state index contributed by atoms with van der Waals surface area (Å²) < 4.78 is 16.2. The number of allylic oxidation sites excluding steroid dienone is 1. The van der Waals surface area contributed by atoms with Crippen molar-refractivity contribution in [3.8, 4) is 11.5 Å². The Labute approximate surface area is 145 Å². The minimum Gasteiger partial charge on any atom is -0.493 e. The minimum absolute atomic E-state index is 0.404. The second kappa shape index (κ2) is 12.5. The van der Waals surface area contributed by atoms with E-state index in [4.69, 9.17) is 14.2 Å². The Morgan fingerprint density at radius 1 is 1.08 bits per heavy atom. The second-order valence-corrected chi connectivity index (χ2v) is 5.65. The molecule has 0 saturated carbocycles. The highest BCUT2D eigenvalue weighted by molar-refractivity contribution is 5.92. The molecule has 0 unspecified atom stereocenters. The van der Waals surface area contributed by atoms with Gasteiger partial charge in [0.1, 0.15) is 23.7 Å². The molecule has 0 aliphatic rings. The Kier molecular flexibility index (Phi) is 10.4. The molecule has 0 radical (unpaired) electrons. The first kappa shape index (κ1) is 20.1. The molecular weight excluding hydrogens is 304 g/mol. The molecule has 24 heavy (non-hydrogen) atoms. The molecule has 4 nitrogen and oxygen atoms in total. The van der Waals surface area contributed by atoms with Crippen molar-refractivity contribution in [2.24, 2.45) is 0 Å². The molecule has 1 aromatic carbocycles. The number of rotatable bonds is 12. The highest BCUT2D eigenvalue weighted by atomic mass is 16.5. The van der Waals surface area contributed by atoms with Gasteiger partial charge in [-0.2, -0.15) is 0 Å². The van der Waals surface area contributed by atoms with Crippen molar-refractivity contribution < 1.29 is 19.0 Å². The number of hydrogen-bond acceptors (Lipinski definition) is 4. The highest BCUT2D eigenvalue weighted by Crippen LogP contribution is 2.26. The van der Waals surface area contributed by atoms with Gasteiger partial charge in [-0.3, -0.25) is 0 Å². The van der Waals surface area contributed by atoms with Crippen LogP contribution in [0.25, 0.3) is 0 Å². The molecule has 1 aromatic rings. The van der Waals surface area contributed by atoms with Gasteiger partial charge in [0.2, 0.25) is 0 Å². The minimum atomic E-state index is -0.409. The lowest BCUT2D eigenvalue weighted by atomic mass is 10.1. The summed E-state index contributed by atoms with van der Waals surface area (Å²) in [5.41, 5.74) is 0.411. The molecule has 0 saturated heterocycles. The van der Waals surface area contributed by atoms with E-state index in [9.17, 15) is 4.79 Å². The van der Waals surface area contributed by atoms with Crippen LogP contribution in [0, 0.1) is 0 Å². The summed E-state index contributed by atoms with van der Waals surface area (Å²) >= 11 is 0. The van der Waals surface area contributed by atoms with Crippen molar-refractivity contribution in [3.63, 3.8) is 0 Å². The molecule has 0 N–H and O–H groups in total. The quantitative estimate of drug-likeness (QED) is 0.300. The van der Waals surface area contributed by atoms with E-state index in [2.05, 4.69) is 6.92 Å². The van der Waals surface area contributed by atoms with Gasteiger partial charge in [0, 0.05) is 6.07 Å². The summed E-state index contributed by atoms with van der Waals surface area (Å²) in [6.07, 6.45) is 11.1.